The molecule has 23 heavy (non-hydrogen) atoms. The highest BCUT2D eigenvalue weighted by atomic mass is 16.1. The monoisotopic (exact) mass is 307 g/mol. The van der Waals surface area contributed by atoms with Gasteiger partial charge in [0.2, 0.25) is 0 Å². The van der Waals surface area contributed by atoms with Crippen LogP contribution < -0.4 is 5.32 Å². The van der Waals surface area contributed by atoms with Crippen molar-refractivity contribution < 1.29 is 4.79 Å². The minimum Gasteiger partial charge on any atom is -0.302 e. The van der Waals surface area contributed by atoms with Gasteiger partial charge in [-0.05, 0) is 24.0 Å². The third kappa shape index (κ3) is 3.09. The molecule has 2 nitrogen and oxygen atoms in total. The van der Waals surface area contributed by atoms with E-state index in [0.29, 0.717) is 5.78 Å². The average molecular weight is 307 g/mol. The Morgan fingerprint density at radius 2 is 1.13 bits per heavy atom. The smallest absolute Gasteiger partial charge is 0.142 e. The first-order chi connectivity index (χ1) is 11.3. The van der Waals surface area contributed by atoms with Crippen molar-refractivity contribution in [3.63, 3.8) is 0 Å². The van der Waals surface area contributed by atoms with Crippen LogP contribution in [0.25, 0.3) is 0 Å². The maximum atomic E-state index is 13.1. The number of Topliss-reactive ketones (excluding diaryl/α,β-unsaturated/α-hetero) is 1. The van der Waals surface area contributed by atoms with Crippen LogP contribution in [-0.4, -0.2) is 5.78 Å². The summed E-state index contributed by atoms with van der Waals surface area (Å²) in [5, 5.41) is 3.80. The van der Waals surface area contributed by atoms with Crippen LogP contribution in [0.4, 0.5) is 0 Å². The highest BCUT2D eigenvalue weighted by Crippen LogP contribution is 2.40. The molecule has 0 bridgehead atoms. The summed E-state index contributed by atoms with van der Waals surface area (Å²) in [5.41, 5.74) is 2.42. The third-order valence-corrected chi connectivity index (χ3v) is 5.09. The number of carbonyl (C=O) groups excluding carboxylic acids is 1. The summed E-state index contributed by atoms with van der Waals surface area (Å²) in [7, 11) is 0. The van der Waals surface area contributed by atoms with Crippen molar-refractivity contribution in [1.29, 1.82) is 0 Å². The van der Waals surface area contributed by atoms with Gasteiger partial charge in [-0.1, -0.05) is 74.5 Å². The Kier molecular flexibility index (Phi) is 4.92. The molecule has 1 fully saturated rings. The van der Waals surface area contributed by atoms with Gasteiger partial charge in [-0.3, -0.25) is 4.79 Å². The fourth-order valence-electron chi connectivity index (χ4n) is 3.88. The minimum absolute atomic E-state index is 0.0577. The summed E-state index contributed by atoms with van der Waals surface area (Å²) >= 11 is 0. The van der Waals surface area contributed by atoms with Gasteiger partial charge in [0.05, 0.1) is 0 Å². The van der Waals surface area contributed by atoms with E-state index in [0.717, 1.165) is 12.8 Å². The molecule has 0 amide bonds. The largest absolute Gasteiger partial charge is 0.302 e. The summed E-state index contributed by atoms with van der Waals surface area (Å²) in [6.07, 6.45) is 1.76. The molecule has 1 heterocycles. The maximum Gasteiger partial charge on any atom is 0.142 e. The number of ketones is 1. The molecule has 3 rings (SSSR count). The summed E-state index contributed by atoms with van der Waals surface area (Å²) < 4.78 is 0. The number of hydrogen-bond acceptors (Lipinski definition) is 2. The Labute approximate surface area is 138 Å². The molecule has 1 aliphatic heterocycles. The van der Waals surface area contributed by atoms with Gasteiger partial charge in [-0.25, -0.2) is 0 Å². The molecule has 2 heteroatoms. The Bertz CT molecular complexity index is 582. The lowest BCUT2D eigenvalue weighted by Gasteiger charge is -2.41. The van der Waals surface area contributed by atoms with E-state index in [1.165, 1.54) is 11.1 Å². The van der Waals surface area contributed by atoms with E-state index in [1.807, 2.05) is 12.1 Å². The predicted molar refractivity (Wildman–Crippen MR) is 94.1 cm³/mol. The Hall–Kier alpha value is -1.93. The predicted octanol–water partition coefficient (Wildman–Crippen LogP) is 4.69. The van der Waals surface area contributed by atoms with E-state index in [9.17, 15) is 4.79 Å². The zero-order chi connectivity index (χ0) is 16.2. The molecular weight excluding hydrogens is 282 g/mol. The maximum absolute atomic E-state index is 13.1. The van der Waals surface area contributed by atoms with Gasteiger partial charge < -0.3 is 5.32 Å². The van der Waals surface area contributed by atoms with Crippen LogP contribution in [0.2, 0.25) is 0 Å². The van der Waals surface area contributed by atoms with Gasteiger partial charge in [0.25, 0.3) is 0 Å². The lowest BCUT2D eigenvalue weighted by Crippen LogP contribution is -2.48. The first-order valence-electron chi connectivity index (χ1n) is 8.65. The number of piperidine rings is 1. The van der Waals surface area contributed by atoms with Crippen LogP contribution in [0.5, 0.6) is 0 Å². The van der Waals surface area contributed by atoms with Gasteiger partial charge in [0.15, 0.2) is 0 Å². The molecule has 0 aliphatic carbocycles. The van der Waals surface area contributed by atoms with Crippen molar-refractivity contribution in [3.8, 4) is 0 Å². The summed E-state index contributed by atoms with van der Waals surface area (Å²) in [6, 6.07) is 21.0. The van der Waals surface area contributed by atoms with E-state index >= 15 is 0 Å². The average Bonchev–Trinajstić information content (AvgIpc) is 2.62. The molecule has 0 spiro atoms. The normalized spacial score (nSPS) is 27.8. The van der Waals surface area contributed by atoms with Gasteiger partial charge >= 0.3 is 0 Å². The van der Waals surface area contributed by atoms with E-state index in [4.69, 9.17) is 0 Å². The van der Waals surface area contributed by atoms with Crippen LogP contribution in [0, 0.1) is 11.8 Å². The van der Waals surface area contributed by atoms with Crippen LogP contribution in [0.3, 0.4) is 0 Å². The van der Waals surface area contributed by atoms with Crippen molar-refractivity contribution in [2.45, 2.75) is 38.8 Å². The SMILES string of the molecule is CC[C@@H]1C(=O)[C@@H](CC)[C@H](c2ccccc2)N[C@@H]1c1ccccc1. The number of benzene rings is 2. The standard InChI is InChI=1S/C21H25NO/c1-3-17-19(15-11-7-5-8-12-15)22-20(18(4-2)21(17)23)16-13-9-6-10-14-16/h5-14,17-20,22H,3-4H2,1-2H3/t17-,18-,19-,20+/m0/s1. The number of nitrogens with one attached hydrogen (secondary N) is 1. The highest BCUT2D eigenvalue weighted by Gasteiger charge is 2.42. The lowest BCUT2D eigenvalue weighted by atomic mass is 9.73. The third-order valence-electron chi connectivity index (χ3n) is 5.09. The van der Waals surface area contributed by atoms with E-state index in [-0.39, 0.29) is 23.9 Å². The van der Waals surface area contributed by atoms with Gasteiger partial charge in [0.1, 0.15) is 5.78 Å². The Balaban J connectivity index is 1.99. The van der Waals surface area contributed by atoms with Crippen LogP contribution in [-0.2, 0) is 4.79 Å². The Morgan fingerprint density at radius 1 is 0.739 bits per heavy atom. The first kappa shape index (κ1) is 15.9. The molecule has 4 atom stereocenters. The molecule has 0 unspecified atom stereocenters. The van der Waals surface area contributed by atoms with Crippen LogP contribution in [0.15, 0.2) is 60.7 Å². The molecule has 2 aromatic carbocycles. The fraction of sp³-hybridized carbons (Fsp3) is 0.381. The van der Waals surface area contributed by atoms with Crippen molar-refractivity contribution in [1.82, 2.24) is 5.32 Å². The molecule has 1 aliphatic rings. The molecular formula is C21H25NO. The minimum atomic E-state index is 0.0577. The number of hydrogen-bond donors (Lipinski definition) is 1. The second-order valence-corrected chi connectivity index (χ2v) is 6.38. The molecule has 120 valence electrons. The van der Waals surface area contributed by atoms with Gasteiger partial charge in [-0.2, -0.15) is 0 Å². The number of carbonyl (C=O) groups is 1. The zero-order valence-electron chi connectivity index (χ0n) is 13.9. The van der Waals surface area contributed by atoms with Crippen LogP contribution in [0.1, 0.15) is 49.9 Å². The molecule has 2 aromatic rings. The van der Waals surface area contributed by atoms with Gasteiger partial charge in [0, 0.05) is 23.9 Å². The molecule has 0 aromatic heterocycles. The lowest BCUT2D eigenvalue weighted by molar-refractivity contribution is -0.132. The topological polar surface area (TPSA) is 29.1 Å². The fourth-order valence-corrected chi connectivity index (χ4v) is 3.88. The number of rotatable bonds is 4. The highest BCUT2D eigenvalue weighted by molar-refractivity contribution is 5.86. The van der Waals surface area contributed by atoms with Crippen molar-refractivity contribution >= 4 is 5.78 Å². The zero-order valence-corrected chi connectivity index (χ0v) is 13.9. The van der Waals surface area contributed by atoms with Crippen molar-refractivity contribution in [2.24, 2.45) is 11.8 Å². The summed E-state index contributed by atoms with van der Waals surface area (Å²) in [6.45, 7) is 4.24. The van der Waals surface area contributed by atoms with E-state index < -0.39 is 0 Å². The summed E-state index contributed by atoms with van der Waals surface area (Å²) in [4.78, 5) is 13.1. The van der Waals surface area contributed by atoms with E-state index in [1.54, 1.807) is 0 Å². The van der Waals surface area contributed by atoms with Crippen LogP contribution >= 0.6 is 0 Å². The Morgan fingerprint density at radius 3 is 1.48 bits per heavy atom. The molecule has 0 saturated carbocycles. The molecule has 1 N–H and O–H groups in total. The quantitative estimate of drug-likeness (QED) is 0.887. The second kappa shape index (κ2) is 7.10. The second-order valence-electron chi connectivity index (χ2n) is 6.38. The molecule has 1 saturated heterocycles. The van der Waals surface area contributed by atoms with E-state index in [2.05, 4.69) is 67.7 Å². The van der Waals surface area contributed by atoms with Crippen molar-refractivity contribution in [3.05, 3.63) is 71.8 Å². The molecule has 0 radical (unpaired) electrons. The first-order valence-corrected chi connectivity index (χ1v) is 8.65. The van der Waals surface area contributed by atoms with Gasteiger partial charge in [-0.15, -0.1) is 0 Å². The summed E-state index contributed by atoms with van der Waals surface area (Å²) in [5.74, 6) is 0.529. The van der Waals surface area contributed by atoms with Crippen molar-refractivity contribution in [2.75, 3.05) is 0 Å².